The van der Waals surface area contributed by atoms with E-state index < -0.39 is 5.41 Å². The molecule has 0 unspecified atom stereocenters. The van der Waals surface area contributed by atoms with E-state index in [4.69, 9.17) is 0 Å². The van der Waals surface area contributed by atoms with Crippen LogP contribution in [-0.4, -0.2) is 23.3 Å². The van der Waals surface area contributed by atoms with Crippen LogP contribution in [0.5, 0.6) is 0 Å². The Morgan fingerprint density at radius 1 is 0.926 bits per heavy atom. The smallest absolute Gasteiger partial charge is 0.235 e. The van der Waals surface area contributed by atoms with Crippen LogP contribution in [0, 0.1) is 5.41 Å². The van der Waals surface area contributed by atoms with Gasteiger partial charge in [0.1, 0.15) is 5.41 Å². The van der Waals surface area contributed by atoms with Crippen molar-refractivity contribution >= 4 is 22.7 Å². The van der Waals surface area contributed by atoms with E-state index in [1.54, 1.807) is 13.8 Å². The number of para-hydroxylation sites is 1. The Morgan fingerprint density at radius 2 is 1.59 bits per heavy atom. The second kappa shape index (κ2) is 8.08. The Kier molecular flexibility index (Phi) is 5.60. The first-order valence-corrected chi connectivity index (χ1v) is 9.14. The summed E-state index contributed by atoms with van der Waals surface area (Å²) in [6.45, 7) is 4.19. The average molecular weight is 363 g/mol. The fraction of sp³-hybridized carbons (Fsp3) is 0.273. The minimum Gasteiger partial charge on any atom is -0.361 e. The van der Waals surface area contributed by atoms with Gasteiger partial charge in [0.2, 0.25) is 11.8 Å². The van der Waals surface area contributed by atoms with Crippen LogP contribution in [0.15, 0.2) is 60.8 Å². The Labute approximate surface area is 159 Å². The van der Waals surface area contributed by atoms with E-state index >= 15 is 0 Å². The third-order valence-corrected chi connectivity index (χ3v) is 4.79. The molecule has 5 heteroatoms. The van der Waals surface area contributed by atoms with Crippen molar-refractivity contribution in [1.29, 1.82) is 0 Å². The lowest BCUT2D eigenvalue weighted by molar-refractivity contribution is -0.141. The van der Waals surface area contributed by atoms with Crippen molar-refractivity contribution in [1.82, 2.24) is 15.6 Å². The van der Waals surface area contributed by atoms with Gasteiger partial charge in [-0.3, -0.25) is 9.59 Å². The summed E-state index contributed by atoms with van der Waals surface area (Å²) in [5.41, 5.74) is 2.10. The number of carbonyl (C=O) groups is 2. The van der Waals surface area contributed by atoms with E-state index in [1.807, 2.05) is 54.7 Å². The van der Waals surface area contributed by atoms with Crippen molar-refractivity contribution < 1.29 is 9.59 Å². The largest absolute Gasteiger partial charge is 0.361 e. The van der Waals surface area contributed by atoms with E-state index in [0.29, 0.717) is 19.5 Å². The van der Waals surface area contributed by atoms with Gasteiger partial charge in [-0.05, 0) is 37.5 Å². The first-order valence-electron chi connectivity index (χ1n) is 9.14. The molecule has 0 radical (unpaired) electrons. The molecule has 0 saturated heterocycles. The molecule has 1 aromatic heterocycles. The number of carbonyl (C=O) groups excluding carboxylic acids is 2. The van der Waals surface area contributed by atoms with E-state index in [-0.39, 0.29) is 11.8 Å². The minimum atomic E-state index is -1.13. The summed E-state index contributed by atoms with van der Waals surface area (Å²) in [5, 5.41) is 6.89. The second-order valence-electron chi connectivity index (χ2n) is 7.16. The molecule has 0 aliphatic rings. The van der Waals surface area contributed by atoms with E-state index in [1.165, 1.54) is 0 Å². The number of rotatable bonds is 7. The summed E-state index contributed by atoms with van der Waals surface area (Å²) in [4.78, 5) is 28.2. The van der Waals surface area contributed by atoms with Crippen LogP contribution in [0.4, 0.5) is 0 Å². The van der Waals surface area contributed by atoms with Gasteiger partial charge in [-0.2, -0.15) is 0 Å². The molecule has 0 spiro atoms. The summed E-state index contributed by atoms with van der Waals surface area (Å²) in [5.74, 6) is -0.552. The molecular weight excluding hydrogens is 338 g/mol. The molecule has 0 bridgehead atoms. The fourth-order valence-corrected chi connectivity index (χ4v) is 2.97. The molecular formula is C22H25N3O2. The van der Waals surface area contributed by atoms with E-state index in [2.05, 4.69) is 21.7 Å². The number of nitrogens with one attached hydrogen (secondary N) is 3. The SMILES string of the molecule is CC(C)(C(=O)NCCc1c[nH]c2ccccc12)C(=O)NCc1ccccc1. The minimum absolute atomic E-state index is 0.270. The molecule has 1 heterocycles. The zero-order valence-electron chi connectivity index (χ0n) is 15.7. The highest BCUT2D eigenvalue weighted by Crippen LogP contribution is 2.19. The first kappa shape index (κ1) is 18.7. The predicted molar refractivity (Wildman–Crippen MR) is 107 cm³/mol. The number of hydrogen-bond donors (Lipinski definition) is 3. The van der Waals surface area contributed by atoms with Crippen molar-refractivity contribution in [2.75, 3.05) is 6.54 Å². The van der Waals surface area contributed by atoms with Crippen LogP contribution < -0.4 is 10.6 Å². The van der Waals surface area contributed by atoms with E-state index in [0.717, 1.165) is 22.0 Å². The van der Waals surface area contributed by atoms with Crippen LogP contribution >= 0.6 is 0 Å². The second-order valence-corrected chi connectivity index (χ2v) is 7.16. The Bertz CT molecular complexity index is 929. The van der Waals surface area contributed by atoms with Crippen molar-refractivity contribution in [3.8, 4) is 0 Å². The van der Waals surface area contributed by atoms with Gasteiger partial charge in [0.05, 0.1) is 0 Å². The van der Waals surface area contributed by atoms with Gasteiger partial charge in [0, 0.05) is 30.2 Å². The molecule has 0 aliphatic heterocycles. The quantitative estimate of drug-likeness (QED) is 0.564. The normalized spacial score (nSPS) is 11.3. The lowest BCUT2D eigenvalue weighted by Gasteiger charge is -2.22. The topological polar surface area (TPSA) is 74.0 Å². The highest BCUT2D eigenvalue weighted by molar-refractivity contribution is 6.04. The van der Waals surface area contributed by atoms with Gasteiger partial charge < -0.3 is 15.6 Å². The monoisotopic (exact) mass is 363 g/mol. The highest BCUT2D eigenvalue weighted by Gasteiger charge is 2.35. The molecule has 3 rings (SSSR count). The van der Waals surface area contributed by atoms with Gasteiger partial charge in [-0.1, -0.05) is 48.5 Å². The fourth-order valence-electron chi connectivity index (χ4n) is 2.97. The molecule has 3 aromatic rings. The molecule has 0 fully saturated rings. The van der Waals surface area contributed by atoms with Crippen LogP contribution in [-0.2, 0) is 22.6 Å². The number of H-pyrrole nitrogens is 1. The maximum atomic E-state index is 12.5. The van der Waals surface area contributed by atoms with Gasteiger partial charge in [-0.25, -0.2) is 0 Å². The van der Waals surface area contributed by atoms with E-state index in [9.17, 15) is 9.59 Å². The van der Waals surface area contributed by atoms with Crippen molar-refractivity contribution in [3.63, 3.8) is 0 Å². The number of fused-ring (bicyclic) bond motifs is 1. The van der Waals surface area contributed by atoms with Crippen molar-refractivity contribution in [2.45, 2.75) is 26.8 Å². The zero-order chi connectivity index (χ0) is 19.3. The average Bonchev–Trinajstić information content (AvgIpc) is 3.10. The Morgan fingerprint density at radius 3 is 2.37 bits per heavy atom. The number of hydrogen-bond acceptors (Lipinski definition) is 2. The summed E-state index contributed by atoms with van der Waals surface area (Å²) in [6.07, 6.45) is 2.67. The number of aromatic amines is 1. The molecule has 5 nitrogen and oxygen atoms in total. The zero-order valence-corrected chi connectivity index (χ0v) is 15.7. The van der Waals surface area contributed by atoms with Gasteiger partial charge in [-0.15, -0.1) is 0 Å². The predicted octanol–water partition coefficient (Wildman–Crippen LogP) is 3.17. The van der Waals surface area contributed by atoms with Gasteiger partial charge in [0.25, 0.3) is 0 Å². The maximum absolute atomic E-state index is 12.5. The standard InChI is InChI=1S/C22H25N3O2/c1-22(2,21(27)25-14-16-8-4-3-5-9-16)20(26)23-13-12-17-15-24-19-11-7-6-10-18(17)19/h3-11,15,24H,12-14H2,1-2H3,(H,23,26)(H,25,27). The van der Waals surface area contributed by atoms with Crippen LogP contribution in [0.3, 0.4) is 0 Å². The van der Waals surface area contributed by atoms with Crippen LogP contribution in [0.25, 0.3) is 10.9 Å². The van der Waals surface area contributed by atoms with Crippen molar-refractivity contribution in [2.24, 2.45) is 5.41 Å². The summed E-state index contributed by atoms with van der Waals surface area (Å²) in [6, 6.07) is 17.7. The third-order valence-electron chi connectivity index (χ3n) is 4.79. The lowest BCUT2D eigenvalue weighted by Crippen LogP contribution is -2.48. The molecule has 0 saturated carbocycles. The summed E-state index contributed by atoms with van der Waals surface area (Å²) in [7, 11) is 0. The number of amides is 2. The summed E-state index contributed by atoms with van der Waals surface area (Å²) >= 11 is 0. The molecule has 140 valence electrons. The molecule has 3 N–H and O–H groups in total. The third kappa shape index (κ3) is 4.37. The Balaban J connectivity index is 1.52. The van der Waals surface area contributed by atoms with Gasteiger partial charge in [0.15, 0.2) is 0 Å². The summed E-state index contributed by atoms with van der Waals surface area (Å²) < 4.78 is 0. The Hall–Kier alpha value is -3.08. The van der Waals surface area contributed by atoms with Crippen LogP contribution in [0.2, 0.25) is 0 Å². The molecule has 2 aromatic carbocycles. The number of aromatic nitrogens is 1. The van der Waals surface area contributed by atoms with Crippen LogP contribution in [0.1, 0.15) is 25.0 Å². The maximum Gasteiger partial charge on any atom is 0.235 e. The first-order chi connectivity index (χ1) is 13.0. The molecule has 0 aliphatic carbocycles. The lowest BCUT2D eigenvalue weighted by atomic mass is 9.91. The highest BCUT2D eigenvalue weighted by atomic mass is 16.2. The van der Waals surface area contributed by atoms with Gasteiger partial charge >= 0.3 is 0 Å². The van der Waals surface area contributed by atoms with Crippen molar-refractivity contribution in [3.05, 3.63) is 71.9 Å². The molecule has 27 heavy (non-hydrogen) atoms. The molecule has 2 amide bonds. The number of benzene rings is 2. The molecule has 0 atom stereocenters.